The zero-order valence-electron chi connectivity index (χ0n) is 14.0. The monoisotopic (exact) mass is 337 g/mol. The van der Waals surface area contributed by atoms with Gasteiger partial charge in [0.15, 0.2) is 5.69 Å². The summed E-state index contributed by atoms with van der Waals surface area (Å²) in [5.74, 6) is -0.0247. The highest BCUT2D eigenvalue weighted by molar-refractivity contribution is 5.91. The van der Waals surface area contributed by atoms with E-state index in [-0.39, 0.29) is 5.97 Å². The molecule has 0 heterocycles. The maximum atomic E-state index is 12.1. The number of carbonyl (C=O) groups excluding carboxylic acids is 2. The molecule has 0 aliphatic carbocycles. The fourth-order valence-electron chi connectivity index (χ4n) is 2.12. The number of benzene rings is 2. The summed E-state index contributed by atoms with van der Waals surface area (Å²) in [5.41, 5.74) is 0.824. The Kier molecular flexibility index (Phi) is 6.73. The second-order valence-electron chi connectivity index (χ2n) is 5.45. The van der Waals surface area contributed by atoms with Gasteiger partial charge >= 0.3 is 11.9 Å². The molecule has 128 valence electrons. The van der Waals surface area contributed by atoms with Crippen molar-refractivity contribution in [1.29, 1.82) is 0 Å². The molecule has 0 aliphatic heterocycles. The van der Waals surface area contributed by atoms with Crippen molar-refractivity contribution in [3.05, 3.63) is 65.5 Å². The summed E-state index contributed by atoms with van der Waals surface area (Å²) in [5, 5.41) is 0. The zero-order valence-corrected chi connectivity index (χ0v) is 14.0. The molecule has 0 fully saturated rings. The van der Waals surface area contributed by atoms with Crippen LogP contribution in [-0.2, 0) is 4.79 Å². The predicted octanol–water partition coefficient (Wildman–Crippen LogP) is 4.94. The smallest absolute Gasteiger partial charge is 0.343 e. The van der Waals surface area contributed by atoms with E-state index >= 15 is 0 Å². The molecule has 0 bridgehead atoms. The first-order chi connectivity index (χ1) is 12.1. The molecule has 0 N–H and O–H groups in total. The van der Waals surface area contributed by atoms with Crippen LogP contribution in [0.3, 0.4) is 0 Å². The van der Waals surface area contributed by atoms with Gasteiger partial charge in [-0.1, -0.05) is 31.9 Å². The quantitative estimate of drug-likeness (QED) is 0.311. The summed E-state index contributed by atoms with van der Waals surface area (Å²) in [6, 6.07) is 12.5. The van der Waals surface area contributed by atoms with E-state index in [9.17, 15) is 9.59 Å². The first-order valence-electron chi connectivity index (χ1n) is 8.13. The van der Waals surface area contributed by atoms with Gasteiger partial charge in [-0.25, -0.2) is 9.64 Å². The number of rotatable bonds is 7. The summed E-state index contributed by atoms with van der Waals surface area (Å²) in [6.07, 6.45) is 3.24. The van der Waals surface area contributed by atoms with Crippen molar-refractivity contribution in [3.8, 4) is 11.5 Å². The fraction of sp³-hybridized carbons (Fsp3) is 0.250. The molecule has 2 aromatic carbocycles. The van der Waals surface area contributed by atoms with E-state index in [4.69, 9.17) is 16.0 Å². The van der Waals surface area contributed by atoms with Crippen molar-refractivity contribution >= 4 is 17.6 Å². The zero-order chi connectivity index (χ0) is 18.1. The van der Waals surface area contributed by atoms with Crippen LogP contribution in [0.5, 0.6) is 11.5 Å². The van der Waals surface area contributed by atoms with E-state index in [1.165, 1.54) is 0 Å². The molecule has 2 rings (SSSR count). The third kappa shape index (κ3) is 5.78. The lowest BCUT2D eigenvalue weighted by Gasteiger charge is -2.06. The van der Waals surface area contributed by atoms with Crippen LogP contribution in [0.25, 0.3) is 4.85 Å². The minimum Gasteiger partial charge on any atom is -0.427 e. The van der Waals surface area contributed by atoms with E-state index in [1.807, 2.05) is 0 Å². The lowest BCUT2D eigenvalue weighted by atomic mass is 10.2. The number of esters is 2. The Hall–Kier alpha value is -3.13. The number of nitrogens with zero attached hydrogens (tertiary/aromatic N) is 1. The summed E-state index contributed by atoms with van der Waals surface area (Å²) >= 11 is 0. The molecule has 0 saturated heterocycles. The predicted molar refractivity (Wildman–Crippen MR) is 93.9 cm³/mol. The summed E-state index contributed by atoms with van der Waals surface area (Å²) in [4.78, 5) is 27.0. The van der Waals surface area contributed by atoms with Crippen molar-refractivity contribution in [2.24, 2.45) is 0 Å². The number of hydrogen-bond acceptors (Lipinski definition) is 4. The van der Waals surface area contributed by atoms with Gasteiger partial charge in [-0.15, -0.1) is 0 Å². The number of hydrogen-bond donors (Lipinski definition) is 0. The summed E-state index contributed by atoms with van der Waals surface area (Å²) in [7, 11) is 0. The van der Waals surface area contributed by atoms with Crippen LogP contribution in [0.15, 0.2) is 48.5 Å². The lowest BCUT2D eigenvalue weighted by Crippen LogP contribution is -2.09. The van der Waals surface area contributed by atoms with Crippen LogP contribution < -0.4 is 9.47 Å². The molecule has 0 amide bonds. The van der Waals surface area contributed by atoms with Gasteiger partial charge in [0.25, 0.3) is 0 Å². The van der Waals surface area contributed by atoms with Crippen molar-refractivity contribution in [1.82, 2.24) is 0 Å². The number of carbonyl (C=O) groups is 2. The highest BCUT2D eigenvalue weighted by Gasteiger charge is 2.10. The Morgan fingerprint density at radius 3 is 2.12 bits per heavy atom. The third-order valence-corrected chi connectivity index (χ3v) is 3.48. The van der Waals surface area contributed by atoms with Crippen LogP contribution in [-0.4, -0.2) is 11.9 Å². The highest BCUT2D eigenvalue weighted by Crippen LogP contribution is 2.20. The van der Waals surface area contributed by atoms with Crippen LogP contribution in [0.1, 0.15) is 43.0 Å². The van der Waals surface area contributed by atoms with Crippen molar-refractivity contribution in [2.45, 2.75) is 32.6 Å². The Morgan fingerprint density at radius 1 is 0.920 bits per heavy atom. The Balaban J connectivity index is 1.91. The maximum Gasteiger partial charge on any atom is 0.343 e. The molecular formula is C20H19NO4. The van der Waals surface area contributed by atoms with Gasteiger partial charge in [0.05, 0.1) is 12.1 Å². The molecule has 0 aliphatic rings. The van der Waals surface area contributed by atoms with Crippen molar-refractivity contribution < 1.29 is 19.1 Å². The SMILES string of the molecule is [C-]#[N+]c1ccc(OC(=O)c2ccc(OC(=O)CCCCC)cc2)cc1. The van der Waals surface area contributed by atoms with E-state index < -0.39 is 5.97 Å². The van der Waals surface area contributed by atoms with Gasteiger partial charge in [-0.05, 0) is 42.8 Å². The van der Waals surface area contributed by atoms with Crippen LogP contribution in [0.4, 0.5) is 5.69 Å². The average molecular weight is 337 g/mol. The molecule has 0 aromatic heterocycles. The molecule has 25 heavy (non-hydrogen) atoms. The van der Waals surface area contributed by atoms with E-state index in [2.05, 4.69) is 11.8 Å². The maximum absolute atomic E-state index is 12.1. The van der Waals surface area contributed by atoms with Crippen molar-refractivity contribution in [3.63, 3.8) is 0 Å². The molecule has 0 spiro atoms. The number of ether oxygens (including phenoxy) is 2. The first-order valence-corrected chi connectivity index (χ1v) is 8.13. The Labute approximate surface area is 147 Å². The van der Waals surface area contributed by atoms with E-state index in [0.717, 1.165) is 19.3 Å². The molecule has 0 unspecified atom stereocenters. The second-order valence-corrected chi connectivity index (χ2v) is 5.45. The standard InChI is InChI=1S/C20H19NO4/c1-3-4-5-6-19(22)24-17-11-7-15(8-12-17)20(23)25-18-13-9-16(21-2)10-14-18/h7-14H,3-6H2,1H3. The first kappa shape index (κ1) is 18.2. The summed E-state index contributed by atoms with van der Waals surface area (Å²) in [6.45, 7) is 8.96. The Bertz CT molecular complexity index is 758. The van der Waals surface area contributed by atoms with Gasteiger partial charge in [-0.3, -0.25) is 4.79 Å². The molecule has 5 nitrogen and oxygen atoms in total. The Morgan fingerprint density at radius 2 is 1.52 bits per heavy atom. The highest BCUT2D eigenvalue weighted by atomic mass is 16.5. The van der Waals surface area contributed by atoms with Gasteiger partial charge in [-0.2, -0.15) is 0 Å². The molecular weight excluding hydrogens is 318 g/mol. The molecule has 2 aromatic rings. The van der Waals surface area contributed by atoms with Crippen LogP contribution in [0.2, 0.25) is 0 Å². The largest absolute Gasteiger partial charge is 0.427 e. The number of unbranched alkanes of at least 4 members (excludes halogenated alkanes) is 2. The van der Waals surface area contributed by atoms with Gasteiger partial charge in [0.2, 0.25) is 0 Å². The second kappa shape index (κ2) is 9.24. The van der Waals surface area contributed by atoms with E-state index in [0.29, 0.717) is 29.2 Å². The van der Waals surface area contributed by atoms with Crippen LogP contribution >= 0.6 is 0 Å². The molecule has 5 heteroatoms. The fourth-order valence-corrected chi connectivity index (χ4v) is 2.12. The van der Waals surface area contributed by atoms with Gasteiger partial charge < -0.3 is 9.47 Å². The van der Waals surface area contributed by atoms with E-state index in [1.54, 1.807) is 48.5 Å². The molecule has 0 saturated carbocycles. The minimum absolute atomic E-state index is 0.274. The third-order valence-electron chi connectivity index (χ3n) is 3.48. The lowest BCUT2D eigenvalue weighted by molar-refractivity contribution is -0.134. The minimum atomic E-state index is -0.517. The average Bonchev–Trinajstić information content (AvgIpc) is 2.63. The normalized spacial score (nSPS) is 9.92. The summed E-state index contributed by atoms with van der Waals surface area (Å²) < 4.78 is 10.5. The van der Waals surface area contributed by atoms with Gasteiger partial charge in [0, 0.05) is 6.42 Å². The molecule has 0 radical (unpaired) electrons. The van der Waals surface area contributed by atoms with Gasteiger partial charge in [0.1, 0.15) is 11.5 Å². The van der Waals surface area contributed by atoms with Crippen molar-refractivity contribution in [2.75, 3.05) is 0 Å². The molecule has 0 atom stereocenters. The van der Waals surface area contributed by atoms with Crippen LogP contribution in [0, 0.1) is 6.57 Å². The topological polar surface area (TPSA) is 57.0 Å².